The molecule has 1 heterocycles. The van der Waals surface area contributed by atoms with Crippen LogP contribution in [0.15, 0.2) is 24.3 Å². The molecule has 1 aliphatic heterocycles. The Kier molecular flexibility index (Phi) is 9.94. The minimum atomic E-state index is -0.265. The second kappa shape index (κ2) is 12.2. The molecule has 0 N–H and O–H groups in total. The van der Waals surface area contributed by atoms with Crippen LogP contribution in [-0.2, 0) is 16.1 Å². The van der Waals surface area contributed by atoms with E-state index >= 15 is 0 Å². The summed E-state index contributed by atoms with van der Waals surface area (Å²) in [5, 5.41) is 0. The molecule has 0 spiro atoms. The number of benzene rings is 1. The van der Waals surface area contributed by atoms with Gasteiger partial charge in [-0.2, -0.15) is 0 Å². The van der Waals surface area contributed by atoms with Crippen LogP contribution in [-0.4, -0.2) is 65.8 Å². The summed E-state index contributed by atoms with van der Waals surface area (Å²) in [6, 6.07) is 6.38. The molecule has 174 valence electrons. The molecule has 0 atom stereocenters. The van der Waals surface area contributed by atoms with E-state index in [4.69, 9.17) is 0 Å². The number of amides is 2. The number of piperazine rings is 1. The monoisotopic (exact) mass is 433 g/mol. The summed E-state index contributed by atoms with van der Waals surface area (Å²) in [4.78, 5) is 31.5. The van der Waals surface area contributed by atoms with Gasteiger partial charge in [0.15, 0.2) is 0 Å². The van der Waals surface area contributed by atoms with Gasteiger partial charge in [0.25, 0.3) is 0 Å². The lowest BCUT2D eigenvalue weighted by atomic mass is 9.91. The van der Waals surface area contributed by atoms with Crippen molar-refractivity contribution in [2.24, 2.45) is 5.41 Å². The number of hydrogen-bond donors (Lipinski definition) is 0. The summed E-state index contributed by atoms with van der Waals surface area (Å²) in [6.45, 7) is 13.5. The smallest absolute Gasteiger partial charge is 0.223 e. The molecule has 0 bridgehead atoms. The molecule has 1 aromatic rings. The molecular weight excluding hydrogens is 393 g/mol. The van der Waals surface area contributed by atoms with E-state index in [1.807, 2.05) is 9.80 Å². The van der Waals surface area contributed by atoms with Crippen LogP contribution in [0.25, 0.3) is 0 Å². The fourth-order valence-corrected chi connectivity index (χ4v) is 3.83. The first-order valence-electron chi connectivity index (χ1n) is 11.7. The Labute approximate surface area is 187 Å². The van der Waals surface area contributed by atoms with E-state index in [0.29, 0.717) is 25.9 Å². The number of rotatable bonds is 10. The van der Waals surface area contributed by atoms with Gasteiger partial charge >= 0.3 is 0 Å². The third-order valence-electron chi connectivity index (χ3n) is 5.73. The second-order valence-corrected chi connectivity index (χ2v) is 9.86. The SMILES string of the molecule is CCCCCC(=O)N1CCN(CCN(Cc2ccc(F)cc2)C(=O)CC(C)(C)C)CC1. The van der Waals surface area contributed by atoms with Crippen molar-refractivity contribution in [2.75, 3.05) is 39.3 Å². The van der Waals surface area contributed by atoms with E-state index in [2.05, 4.69) is 32.6 Å². The molecule has 0 unspecified atom stereocenters. The summed E-state index contributed by atoms with van der Waals surface area (Å²) >= 11 is 0. The molecule has 1 fully saturated rings. The molecule has 2 amide bonds. The number of carbonyl (C=O) groups excluding carboxylic acids is 2. The summed E-state index contributed by atoms with van der Waals surface area (Å²) in [7, 11) is 0. The maximum atomic E-state index is 13.3. The Balaban J connectivity index is 1.87. The van der Waals surface area contributed by atoms with Crippen molar-refractivity contribution < 1.29 is 14.0 Å². The molecule has 6 heteroatoms. The molecular formula is C25H40FN3O2. The molecule has 0 radical (unpaired) electrons. The molecule has 1 aliphatic rings. The molecule has 1 aromatic carbocycles. The predicted molar refractivity (Wildman–Crippen MR) is 123 cm³/mol. The highest BCUT2D eigenvalue weighted by atomic mass is 19.1. The zero-order valence-electron chi connectivity index (χ0n) is 19.8. The van der Waals surface area contributed by atoms with Crippen LogP contribution in [0.2, 0.25) is 0 Å². The zero-order chi connectivity index (χ0) is 22.9. The minimum Gasteiger partial charge on any atom is -0.340 e. The van der Waals surface area contributed by atoms with Crippen molar-refractivity contribution in [3.05, 3.63) is 35.6 Å². The Bertz CT molecular complexity index is 692. The number of halogens is 1. The fourth-order valence-electron chi connectivity index (χ4n) is 3.83. The number of nitrogens with zero attached hydrogens (tertiary/aromatic N) is 3. The van der Waals surface area contributed by atoms with E-state index in [-0.39, 0.29) is 23.0 Å². The number of unbranched alkanes of at least 4 members (excludes halogenated alkanes) is 2. The van der Waals surface area contributed by atoms with Crippen LogP contribution < -0.4 is 0 Å². The molecule has 2 rings (SSSR count). The van der Waals surface area contributed by atoms with Crippen LogP contribution in [0.3, 0.4) is 0 Å². The molecule has 0 saturated carbocycles. The van der Waals surface area contributed by atoms with E-state index in [1.165, 1.54) is 12.1 Å². The van der Waals surface area contributed by atoms with Crippen LogP contribution in [0.4, 0.5) is 4.39 Å². The summed E-state index contributed by atoms with van der Waals surface area (Å²) in [5.41, 5.74) is 0.855. The van der Waals surface area contributed by atoms with E-state index in [1.54, 1.807) is 12.1 Å². The molecule has 0 aliphatic carbocycles. The summed E-state index contributed by atoms with van der Waals surface area (Å²) in [6.07, 6.45) is 4.35. The quantitative estimate of drug-likeness (QED) is 0.516. The topological polar surface area (TPSA) is 43.9 Å². The van der Waals surface area contributed by atoms with E-state index < -0.39 is 0 Å². The first kappa shape index (κ1) is 25.3. The molecule has 0 aromatic heterocycles. The van der Waals surface area contributed by atoms with Crippen molar-refractivity contribution >= 4 is 11.8 Å². The Morgan fingerprint density at radius 3 is 2.26 bits per heavy atom. The van der Waals surface area contributed by atoms with Crippen LogP contribution in [0, 0.1) is 11.2 Å². The first-order valence-corrected chi connectivity index (χ1v) is 11.7. The van der Waals surface area contributed by atoms with Gasteiger partial charge in [0.1, 0.15) is 5.82 Å². The highest BCUT2D eigenvalue weighted by Crippen LogP contribution is 2.21. The van der Waals surface area contributed by atoms with Crippen molar-refractivity contribution in [1.29, 1.82) is 0 Å². The lowest BCUT2D eigenvalue weighted by Crippen LogP contribution is -2.50. The van der Waals surface area contributed by atoms with Gasteiger partial charge in [-0.25, -0.2) is 4.39 Å². The van der Waals surface area contributed by atoms with E-state index in [9.17, 15) is 14.0 Å². The zero-order valence-corrected chi connectivity index (χ0v) is 19.8. The maximum Gasteiger partial charge on any atom is 0.223 e. The van der Waals surface area contributed by atoms with Gasteiger partial charge in [-0.05, 0) is 29.5 Å². The van der Waals surface area contributed by atoms with Crippen LogP contribution in [0.1, 0.15) is 65.4 Å². The number of hydrogen-bond acceptors (Lipinski definition) is 3. The van der Waals surface area contributed by atoms with Gasteiger partial charge < -0.3 is 9.80 Å². The van der Waals surface area contributed by atoms with Gasteiger partial charge in [-0.1, -0.05) is 52.7 Å². The van der Waals surface area contributed by atoms with Gasteiger partial charge in [0.05, 0.1) is 0 Å². The lowest BCUT2D eigenvalue weighted by molar-refractivity contribution is -0.134. The van der Waals surface area contributed by atoms with Crippen LogP contribution in [0.5, 0.6) is 0 Å². The summed E-state index contributed by atoms with van der Waals surface area (Å²) in [5.74, 6) is 0.131. The lowest BCUT2D eigenvalue weighted by Gasteiger charge is -2.36. The van der Waals surface area contributed by atoms with Gasteiger partial charge in [0, 0.05) is 58.7 Å². The van der Waals surface area contributed by atoms with Gasteiger partial charge in [-0.3, -0.25) is 14.5 Å². The Morgan fingerprint density at radius 2 is 1.68 bits per heavy atom. The molecule has 31 heavy (non-hydrogen) atoms. The standard InChI is InChI=1S/C25H40FN3O2/c1-5-6-7-8-23(30)28-16-13-27(14-17-28)15-18-29(24(31)19-25(2,3)4)20-21-9-11-22(26)12-10-21/h9-12H,5-8,13-20H2,1-4H3. The highest BCUT2D eigenvalue weighted by Gasteiger charge is 2.24. The third kappa shape index (κ3) is 9.38. The van der Waals surface area contributed by atoms with Gasteiger partial charge in [-0.15, -0.1) is 0 Å². The fraction of sp³-hybridized carbons (Fsp3) is 0.680. The largest absolute Gasteiger partial charge is 0.340 e. The van der Waals surface area contributed by atoms with Crippen LogP contribution >= 0.6 is 0 Å². The van der Waals surface area contributed by atoms with E-state index in [0.717, 1.165) is 57.5 Å². The molecule has 1 saturated heterocycles. The van der Waals surface area contributed by atoms with Crippen molar-refractivity contribution in [3.8, 4) is 0 Å². The van der Waals surface area contributed by atoms with Gasteiger partial charge in [0.2, 0.25) is 11.8 Å². The average Bonchev–Trinajstić information content (AvgIpc) is 2.71. The third-order valence-corrected chi connectivity index (χ3v) is 5.73. The average molecular weight is 434 g/mol. The predicted octanol–water partition coefficient (Wildman–Crippen LogP) is 4.32. The van der Waals surface area contributed by atoms with Crippen molar-refractivity contribution in [1.82, 2.24) is 14.7 Å². The minimum absolute atomic E-state index is 0.0815. The van der Waals surface area contributed by atoms with Crippen molar-refractivity contribution in [2.45, 2.75) is 66.3 Å². The normalized spacial score (nSPS) is 15.2. The van der Waals surface area contributed by atoms with Crippen molar-refractivity contribution in [3.63, 3.8) is 0 Å². The maximum absolute atomic E-state index is 13.3. The Hall–Kier alpha value is -1.95. The summed E-state index contributed by atoms with van der Waals surface area (Å²) < 4.78 is 13.3. The Morgan fingerprint density at radius 1 is 1.03 bits per heavy atom. The number of carbonyl (C=O) groups is 2. The second-order valence-electron chi connectivity index (χ2n) is 9.86. The molecule has 5 nitrogen and oxygen atoms in total. The highest BCUT2D eigenvalue weighted by molar-refractivity contribution is 5.77. The first-order chi connectivity index (χ1) is 14.7.